The van der Waals surface area contributed by atoms with Gasteiger partial charge in [-0.3, -0.25) is 14.4 Å². The van der Waals surface area contributed by atoms with E-state index in [9.17, 15) is 13.9 Å². The van der Waals surface area contributed by atoms with Gasteiger partial charge in [-0.2, -0.15) is 5.10 Å². The van der Waals surface area contributed by atoms with Crippen LogP contribution in [0.2, 0.25) is 0 Å². The average Bonchev–Trinajstić information content (AvgIpc) is 3.27. The van der Waals surface area contributed by atoms with Crippen LogP contribution in [-0.2, 0) is 7.05 Å². The zero-order valence-electron chi connectivity index (χ0n) is 16.5. The van der Waals surface area contributed by atoms with E-state index in [0.29, 0.717) is 5.65 Å². The third-order valence-electron chi connectivity index (χ3n) is 5.55. The Kier molecular flexibility index (Phi) is 5.51. The van der Waals surface area contributed by atoms with E-state index in [-0.39, 0.29) is 17.8 Å². The smallest absolute Gasteiger partial charge is 0.281 e. The van der Waals surface area contributed by atoms with Crippen molar-refractivity contribution in [2.24, 2.45) is 7.05 Å². The summed E-state index contributed by atoms with van der Waals surface area (Å²) in [6, 6.07) is 5.88. The number of aliphatic hydroxyl groups is 1. The average molecular weight is 404 g/mol. The number of imidazole rings is 1. The van der Waals surface area contributed by atoms with Crippen molar-refractivity contribution in [2.75, 3.05) is 5.32 Å². The summed E-state index contributed by atoms with van der Waals surface area (Å²) >= 11 is 0. The van der Waals surface area contributed by atoms with Gasteiger partial charge in [-0.05, 0) is 44.7 Å². The topological polar surface area (TPSA) is 79.4 Å². The van der Waals surface area contributed by atoms with Crippen molar-refractivity contribution in [1.29, 1.82) is 0 Å². The lowest BCUT2D eigenvalue weighted by Crippen LogP contribution is -2.39. The number of hydrogen-bond acceptors (Lipinski definition) is 5. The van der Waals surface area contributed by atoms with Crippen LogP contribution in [0.15, 0.2) is 30.6 Å². The standard InChI is InChI=1S/C20H26F2N6O/c1-12-15(10-27(2)26-12)20(29)24-14-8-6-13(7-9-14)23-17-4-3-5-18-25-16(19(21)22)11-28(17)18/h3-5,10-11,13-14,19-20,23-24,29H,6-9H2,1-2H3/t13-,14+,20?. The van der Waals surface area contributed by atoms with Crippen LogP contribution < -0.4 is 10.6 Å². The number of aliphatic hydroxyl groups excluding tert-OH is 1. The van der Waals surface area contributed by atoms with E-state index >= 15 is 0 Å². The Labute approximate surface area is 167 Å². The summed E-state index contributed by atoms with van der Waals surface area (Å²) in [5.74, 6) is 0.768. The van der Waals surface area contributed by atoms with Crippen LogP contribution in [0.1, 0.15) is 55.3 Å². The molecule has 0 saturated heterocycles. The Balaban J connectivity index is 1.35. The predicted molar refractivity (Wildman–Crippen MR) is 106 cm³/mol. The molecule has 9 heteroatoms. The molecule has 1 atom stereocenters. The Bertz CT molecular complexity index is 977. The number of alkyl halides is 2. The van der Waals surface area contributed by atoms with Crippen LogP contribution in [0.3, 0.4) is 0 Å². The van der Waals surface area contributed by atoms with E-state index in [4.69, 9.17) is 0 Å². The molecule has 7 nitrogen and oxygen atoms in total. The Morgan fingerprint density at radius 2 is 1.86 bits per heavy atom. The monoisotopic (exact) mass is 404 g/mol. The highest BCUT2D eigenvalue weighted by Gasteiger charge is 2.25. The van der Waals surface area contributed by atoms with Crippen LogP contribution >= 0.6 is 0 Å². The lowest BCUT2D eigenvalue weighted by atomic mass is 9.91. The summed E-state index contributed by atoms with van der Waals surface area (Å²) in [7, 11) is 1.84. The van der Waals surface area contributed by atoms with Gasteiger partial charge >= 0.3 is 0 Å². The van der Waals surface area contributed by atoms with Gasteiger partial charge in [-0.25, -0.2) is 13.8 Å². The molecule has 4 rings (SSSR count). The van der Waals surface area contributed by atoms with Crippen molar-refractivity contribution < 1.29 is 13.9 Å². The number of fused-ring (bicyclic) bond motifs is 1. The molecule has 3 heterocycles. The van der Waals surface area contributed by atoms with Crippen LogP contribution in [0.4, 0.5) is 14.6 Å². The molecule has 0 aliphatic heterocycles. The third kappa shape index (κ3) is 4.25. The first-order valence-electron chi connectivity index (χ1n) is 9.87. The number of rotatable bonds is 6. The molecule has 1 aliphatic carbocycles. The quantitative estimate of drug-likeness (QED) is 0.550. The SMILES string of the molecule is Cc1nn(C)cc1C(O)N[C@H]1CC[C@@H](Nc2cccc3nc(C(F)F)cn23)CC1. The maximum absolute atomic E-state index is 13.0. The fourth-order valence-corrected chi connectivity index (χ4v) is 4.07. The zero-order chi connectivity index (χ0) is 20.5. The Morgan fingerprint density at radius 3 is 2.52 bits per heavy atom. The van der Waals surface area contributed by atoms with Crippen molar-refractivity contribution in [3.8, 4) is 0 Å². The summed E-state index contributed by atoms with van der Waals surface area (Å²) in [5.41, 5.74) is 1.91. The fourth-order valence-electron chi connectivity index (χ4n) is 4.07. The third-order valence-corrected chi connectivity index (χ3v) is 5.55. The first-order valence-corrected chi connectivity index (χ1v) is 9.87. The van der Waals surface area contributed by atoms with Crippen LogP contribution in [0, 0.1) is 6.92 Å². The molecule has 0 radical (unpaired) electrons. The molecule has 1 fully saturated rings. The second-order valence-corrected chi connectivity index (χ2v) is 7.71. The molecule has 3 aromatic heterocycles. The molecule has 0 bridgehead atoms. The summed E-state index contributed by atoms with van der Waals surface area (Å²) in [6.45, 7) is 1.89. The molecular formula is C20H26F2N6O. The van der Waals surface area contributed by atoms with Gasteiger partial charge < -0.3 is 10.4 Å². The van der Waals surface area contributed by atoms with E-state index in [1.165, 1.54) is 6.20 Å². The normalized spacial score (nSPS) is 21.0. The first kappa shape index (κ1) is 19.8. The minimum atomic E-state index is -2.58. The maximum atomic E-state index is 13.0. The molecule has 3 N–H and O–H groups in total. The second-order valence-electron chi connectivity index (χ2n) is 7.71. The number of aromatic nitrogens is 4. The van der Waals surface area contributed by atoms with Crippen molar-refractivity contribution in [2.45, 2.75) is 57.3 Å². The highest BCUT2D eigenvalue weighted by atomic mass is 19.3. The summed E-state index contributed by atoms with van der Waals surface area (Å²) in [5, 5.41) is 21.5. The molecular weight excluding hydrogens is 378 g/mol. The molecule has 1 unspecified atom stereocenters. The van der Waals surface area contributed by atoms with Crippen molar-refractivity contribution >= 4 is 11.5 Å². The van der Waals surface area contributed by atoms with E-state index in [1.807, 2.05) is 32.3 Å². The number of halogens is 2. The molecule has 1 aliphatic rings. The number of anilines is 1. The number of aryl methyl sites for hydroxylation is 2. The number of nitrogens with one attached hydrogen (secondary N) is 2. The lowest BCUT2D eigenvalue weighted by Gasteiger charge is -2.31. The molecule has 3 aromatic rings. The van der Waals surface area contributed by atoms with Crippen LogP contribution in [0.5, 0.6) is 0 Å². The Hall–Kier alpha value is -2.52. The minimum absolute atomic E-state index is 0.216. The lowest BCUT2D eigenvalue weighted by molar-refractivity contribution is 0.112. The van der Waals surface area contributed by atoms with E-state index in [1.54, 1.807) is 15.1 Å². The van der Waals surface area contributed by atoms with Crippen LogP contribution in [-0.4, -0.2) is 36.4 Å². The number of pyridine rings is 1. The van der Waals surface area contributed by atoms with Gasteiger partial charge in [0, 0.05) is 37.1 Å². The minimum Gasteiger partial charge on any atom is -0.374 e. The zero-order valence-corrected chi connectivity index (χ0v) is 16.5. The Morgan fingerprint density at radius 1 is 1.14 bits per heavy atom. The van der Waals surface area contributed by atoms with Gasteiger partial charge in [0.2, 0.25) is 0 Å². The van der Waals surface area contributed by atoms with E-state index in [2.05, 4.69) is 20.7 Å². The summed E-state index contributed by atoms with van der Waals surface area (Å²) < 4.78 is 29.3. The summed E-state index contributed by atoms with van der Waals surface area (Å²) in [4.78, 5) is 3.98. The van der Waals surface area contributed by atoms with Gasteiger partial charge in [0.1, 0.15) is 23.4 Å². The van der Waals surface area contributed by atoms with E-state index in [0.717, 1.165) is 42.8 Å². The maximum Gasteiger partial charge on any atom is 0.281 e. The highest BCUT2D eigenvalue weighted by molar-refractivity contribution is 5.51. The van der Waals surface area contributed by atoms with Gasteiger partial charge in [0.25, 0.3) is 6.43 Å². The molecule has 0 amide bonds. The first-order chi connectivity index (χ1) is 13.9. The number of hydrogen-bond donors (Lipinski definition) is 3. The summed E-state index contributed by atoms with van der Waals surface area (Å²) in [6.07, 6.45) is 3.57. The highest BCUT2D eigenvalue weighted by Crippen LogP contribution is 2.26. The second kappa shape index (κ2) is 8.08. The molecule has 0 aromatic carbocycles. The molecule has 0 spiro atoms. The van der Waals surface area contributed by atoms with E-state index < -0.39 is 12.7 Å². The van der Waals surface area contributed by atoms with Gasteiger partial charge in [0.15, 0.2) is 0 Å². The fraction of sp³-hybridized carbons (Fsp3) is 0.500. The predicted octanol–water partition coefficient (Wildman–Crippen LogP) is 3.32. The van der Waals surface area contributed by atoms with Crippen molar-refractivity contribution in [3.63, 3.8) is 0 Å². The van der Waals surface area contributed by atoms with Crippen molar-refractivity contribution in [1.82, 2.24) is 24.5 Å². The van der Waals surface area contributed by atoms with Gasteiger partial charge in [0.05, 0.1) is 5.69 Å². The number of nitrogens with zero attached hydrogens (tertiary/aromatic N) is 4. The molecule has 29 heavy (non-hydrogen) atoms. The van der Waals surface area contributed by atoms with Crippen molar-refractivity contribution in [3.05, 3.63) is 47.5 Å². The molecule has 1 saturated carbocycles. The largest absolute Gasteiger partial charge is 0.374 e. The van der Waals surface area contributed by atoms with Gasteiger partial charge in [-0.15, -0.1) is 0 Å². The van der Waals surface area contributed by atoms with Gasteiger partial charge in [-0.1, -0.05) is 6.07 Å². The van der Waals surface area contributed by atoms with Crippen LogP contribution in [0.25, 0.3) is 5.65 Å². The molecule has 156 valence electrons.